The highest BCUT2D eigenvalue weighted by molar-refractivity contribution is 7.12. The van der Waals surface area contributed by atoms with Gasteiger partial charge in [-0.05, 0) is 111 Å². The van der Waals surface area contributed by atoms with Crippen LogP contribution in [0.15, 0.2) is 231 Å². The van der Waals surface area contributed by atoms with Crippen LogP contribution in [0.2, 0.25) is 0 Å². The van der Waals surface area contributed by atoms with Crippen molar-refractivity contribution in [2.45, 2.75) is 0 Å². The number of rotatable bonds is 4. The molecule has 0 amide bonds. The van der Waals surface area contributed by atoms with Gasteiger partial charge in [0.05, 0.1) is 0 Å². The van der Waals surface area contributed by atoms with Gasteiger partial charge in [-0.25, -0.2) is 0 Å². The van der Waals surface area contributed by atoms with Crippen molar-refractivity contribution in [1.82, 2.24) is 0 Å². The first-order valence-corrected chi connectivity index (χ1v) is 22.5. The third-order valence-corrected chi connectivity index (χ3v) is 14.3. The molecule has 4 aliphatic heterocycles. The molecule has 0 unspecified atom stereocenters. The van der Waals surface area contributed by atoms with Gasteiger partial charge in [-0.3, -0.25) is 0 Å². The Bertz CT molecular complexity index is 3260. The number of hydrogen-bond donors (Lipinski definition) is 0. The van der Waals surface area contributed by atoms with E-state index in [1.54, 1.807) is 0 Å². The van der Waals surface area contributed by atoms with Crippen molar-refractivity contribution in [1.29, 1.82) is 0 Å². The van der Waals surface area contributed by atoms with Gasteiger partial charge in [0, 0.05) is 51.2 Å². The van der Waals surface area contributed by atoms with Gasteiger partial charge < -0.3 is 14.7 Å². The maximum atomic E-state index is 2.55. The van der Waals surface area contributed by atoms with Crippen LogP contribution < -0.4 is 63.9 Å². The lowest BCUT2D eigenvalue weighted by atomic mass is 9.20. The molecular weight excluding hydrogens is 771 g/mol. The molecule has 4 heterocycles. The van der Waals surface area contributed by atoms with E-state index in [0.717, 1.165) is 17.1 Å². The minimum Gasteiger partial charge on any atom is -0.312 e. The molecule has 0 saturated carbocycles. The van der Waals surface area contributed by atoms with Crippen LogP contribution in [0.1, 0.15) is 0 Å². The Morgan fingerprint density at radius 3 is 1.17 bits per heavy atom. The van der Waals surface area contributed by atoms with Gasteiger partial charge >= 0.3 is 0 Å². The highest BCUT2D eigenvalue weighted by atomic mass is 15.2. The van der Waals surface area contributed by atoms with E-state index in [0.29, 0.717) is 0 Å². The number of hydrogen-bond acceptors (Lipinski definition) is 3. The van der Waals surface area contributed by atoms with Crippen molar-refractivity contribution in [3.05, 3.63) is 231 Å². The van der Waals surface area contributed by atoms with E-state index in [4.69, 9.17) is 0 Å². The Hall–Kier alpha value is -7.95. The maximum absolute atomic E-state index is 2.55. The van der Waals surface area contributed by atoms with E-state index >= 15 is 0 Å². The zero-order valence-corrected chi connectivity index (χ0v) is 35.0. The van der Waals surface area contributed by atoms with Crippen LogP contribution in [0.4, 0.5) is 51.2 Å². The predicted octanol–water partition coefficient (Wildman–Crippen LogP) is 8.05. The van der Waals surface area contributed by atoms with Crippen molar-refractivity contribution in [2.75, 3.05) is 14.7 Å². The fraction of sp³-hybridized carbons (Fsp3) is 0. The van der Waals surface area contributed by atoms with Crippen molar-refractivity contribution in [3.63, 3.8) is 0 Å². The molecule has 0 atom stereocenters. The fourth-order valence-corrected chi connectivity index (χ4v) is 11.8. The smallest absolute Gasteiger partial charge is 0.252 e. The summed E-state index contributed by atoms with van der Waals surface area (Å²) in [4.78, 5) is 7.51. The number of para-hydroxylation sites is 4. The summed E-state index contributed by atoms with van der Waals surface area (Å²) in [6, 6.07) is 86.1. The second-order valence-electron chi connectivity index (χ2n) is 17.6. The van der Waals surface area contributed by atoms with Gasteiger partial charge in [-0.2, -0.15) is 0 Å². The molecule has 6 heteroatoms. The second kappa shape index (κ2) is 13.8. The van der Waals surface area contributed by atoms with E-state index in [-0.39, 0.29) is 20.1 Å². The highest BCUT2D eigenvalue weighted by Crippen LogP contribution is 2.45. The van der Waals surface area contributed by atoms with Crippen molar-refractivity contribution in [3.8, 4) is 0 Å². The fourth-order valence-electron chi connectivity index (χ4n) is 11.8. The number of benzene rings is 10. The SMILES string of the molecule is c1ccc(B2c3ccccc3B3c4cc5cc6c(cc5cc4N(c4ccccc4)c4cccc2c43)N(c2ccccc2)c2cccc3c2B6c2ccccc2N3c2ccccc2)cc1. The lowest BCUT2D eigenvalue weighted by Crippen LogP contribution is -2.76. The second-order valence-corrected chi connectivity index (χ2v) is 17.6. The van der Waals surface area contributed by atoms with E-state index in [1.165, 1.54) is 94.1 Å². The molecule has 0 fully saturated rings. The lowest BCUT2D eigenvalue weighted by molar-refractivity contribution is 1.25. The van der Waals surface area contributed by atoms with Crippen LogP contribution in [0.5, 0.6) is 0 Å². The maximum Gasteiger partial charge on any atom is 0.252 e. The monoisotopic (exact) mass is 809 g/mol. The first kappa shape index (κ1) is 35.6. The van der Waals surface area contributed by atoms with Crippen LogP contribution in [-0.4, -0.2) is 20.1 Å². The Labute approximate surface area is 374 Å². The number of anilines is 9. The summed E-state index contributed by atoms with van der Waals surface area (Å²) in [6.45, 7) is 0.240. The molecule has 0 bridgehead atoms. The zero-order chi connectivity index (χ0) is 41.9. The Balaban J connectivity index is 1.06. The third kappa shape index (κ3) is 5.02. The topological polar surface area (TPSA) is 9.72 Å². The molecule has 3 nitrogen and oxygen atoms in total. The Kier molecular flexibility index (Phi) is 7.67. The van der Waals surface area contributed by atoms with E-state index in [2.05, 4.69) is 245 Å². The molecule has 14 rings (SSSR count). The summed E-state index contributed by atoms with van der Waals surface area (Å²) in [5.74, 6) is 0. The quantitative estimate of drug-likeness (QED) is 0.167. The van der Waals surface area contributed by atoms with Gasteiger partial charge in [-0.1, -0.05) is 180 Å². The van der Waals surface area contributed by atoms with E-state index < -0.39 is 0 Å². The molecule has 10 aromatic carbocycles. The number of fused-ring (bicyclic) bond motifs is 9. The molecule has 0 radical (unpaired) electrons. The normalized spacial score (nSPS) is 13.8. The summed E-state index contributed by atoms with van der Waals surface area (Å²) in [6.07, 6.45) is 0. The van der Waals surface area contributed by atoms with E-state index in [9.17, 15) is 0 Å². The van der Waals surface area contributed by atoms with Crippen molar-refractivity contribution >= 4 is 131 Å². The van der Waals surface area contributed by atoms with Crippen LogP contribution in [0.25, 0.3) is 10.8 Å². The molecule has 0 aromatic heterocycles. The average Bonchev–Trinajstić information content (AvgIpc) is 3.36. The average molecular weight is 809 g/mol. The molecule has 10 aromatic rings. The molecule has 0 N–H and O–H groups in total. The van der Waals surface area contributed by atoms with Gasteiger partial charge in [0.2, 0.25) is 13.4 Å². The van der Waals surface area contributed by atoms with E-state index in [1.807, 2.05) is 0 Å². The predicted molar refractivity (Wildman–Crippen MR) is 275 cm³/mol. The summed E-state index contributed by atoms with van der Waals surface area (Å²) in [5, 5.41) is 2.48. The summed E-state index contributed by atoms with van der Waals surface area (Å²) < 4.78 is 0. The van der Waals surface area contributed by atoms with Crippen molar-refractivity contribution < 1.29 is 0 Å². The molecule has 0 aliphatic carbocycles. The van der Waals surface area contributed by atoms with Gasteiger partial charge in [0.1, 0.15) is 0 Å². The summed E-state index contributed by atoms with van der Waals surface area (Å²) >= 11 is 0. The number of nitrogens with zero attached hydrogens (tertiary/aromatic N) is 3. The lowest BCUT2D eigenvalue weighted by Gasteiger charge is -2.44. The molecule has 64 heavy (non-hydrogen) atoms. The van der Waals surface area contributed by atoms with Gasteiger partial charge in [0.15, 0.2) is 0 Å². The minimum atomic E-state index is 0.0351. The van der Waals surface area contributed by atoms with Crippen LogP contribution in [0, 0.1) is 0 Å². The first-order chi connectivity index (χ1) is 31.8. The van der Waals surface area contributed by atoms with Gasteiger partial charge in [-0.15, -0.1) is 0 Å². The zero-order valence-electron chi connectivity index (χ0n) is 35.0. The summed E-state index contributed by atoms with van der Waals surface area (Å²) in [5.41, 5.74) is 23.0. The highest BCUT2D eigenvalue weighted by Gasteiger charge is 2.46. The largest absolute Gasteiger partial charge is 0.312 e. The summed E-state index contributed by atoms with van der Waals surface area (Å²) in [7, 11) is 0. The van der Waals surface area contributed by atoms with Crippen molar-refractivity contribution in [2.24, 2.45) is 0 Å². The molecule has 0 saturated heterocycles. The molecule has 294 valence electrons. The van der Waals surface area contributed by atoms with Crippen LogP contribution >= 0.6 is 0 Å². The van der Waals surface area contributed by atoms with Crippen LogP contribution in [-0.2, 0) is 0 Å². The first-order valence-electron chi connectivity index (χ1n) is 22.5. The van der Waals surface area contributed by atoms with Crippen LogP contribution in [0.3, 0.4) is 0 Å². The Morgan fingerprint density at radius 2 is 0.609 bits per heavy atom. The standard InChI is InChI=1S/C58H38B3N3/c1-5-19-41(20-6-1)59-45-27-13-14-28-46(45)60-49-35-39-36-50-56(38-40(39)37-55(49)63(43-23-9-3-10-24-43)52-32-17-30-48(59)57(52)60)64(44-25-11-4-12-26-44)54-34-18-33-53-58(54)61(50)47-29-15-16-31-51(47)62(53)42-21-7-2-8-22-42/h1-38H. The Morgan fingerprint density at radius 1 is 0.234 bits per heavy atom. The van der Waals surface area contributed by atoms with Gasteiger partial charge in [0.25, 0.3) is 6.71 Å². The minimum absolute atomic E-state index is 0.0351. The molecule has 0 spiro atoms. The third-order valence-electron chi connectivity index (χ3n) is 14.3. The molecular formula is C58H38B3N3. The molecule has 4 aliphatic rings.